The summed E-state index contributed by atoms with van der Waals surface area (Å²) in [5, 5.41) is 2.81. The highest BCUT2D eigenvalue weighted by molar-refractivity contribution is 5.86. The van der Waals surface area contributed by atoms with Crippen molar-refractivity contribution in [3.05, 3.63) is 46.5 Å². The van der Waals surface area contributed by atoms with E-state index in [9.17, 15) is 9.18 Å². The van der Waals surface area contributed by atoms with Gasteiger partial charge in [-0.05, 0) is 68.7 Å². The molecule has 1 unspecified atom stereocenters. The minimum Gasteiger partial charge on any atom is -0.446 e. The summed E-state index contributed by atoms with van der Waals surface area (Å²) in [5.41, 5.74) is 4.10. The standard InChI is InChI=1S/C22H27FN4O2/c1-13-11-27(12-16-10-17(23)8-9-19(13)16)21-24-14(2)20(15(3)25-21)26-22(28)29-18-6-4-5-7-18/h8-10,13,18H,4-7,11-12H2,1-3H3,(H,26,28). The first-order valence-electron chi connectivity index (χ1n) is 10.3. The highest BCUT2D eigenvalue weighted by Crippen LogP contribution is 2.31. The molecular weight excluding hydrogens is 371 g/mol. The Balaban J connectivity index is 1.51. The van der Waals surface area contributed by atoms with Crippen molar-refractivity contribution in [2.45, 2.75) is 65.0 Å². The molecule has 0 bridgehead atoms. The molecule has 1 amide bonds. The fourth-order valence-corrected chi connectivity index (χ4v) is 4.35. The molecule has 0 radical (unpaired) electrons. The fraction of sp³-hybridized carbons (Fsp3) is 0.500. The first-order valence-corrected chi connectivity index (χ1v) is 10.3. The predicted octanol–water partition coefficient (Wildman–Crippen LogP) is 4.85. The number of rotatable bonds is 3. The number of nitrogens with one attached hydrogen (secondary N) is 1. The van der Waals surface area contributed by atoms with Gasteiger partial charge in [0.2, 0.25) is 5.95 Å². The maximum atomic E-state index is 13.7. The molecule has 2 aromatic rings. The molecule has 29 heavy (non-hydrogen) atoms. The van der Waals surface area contributed by atoms with Crippen molar-refractivity contribution in [2.24, 2.45) is 0 Å². The smallest absolute Gasteiger partial charge is 0.412 e. The normalized spacial score (nSPS) is 19.2. The van der Waals surface area contributed by atoms with Crippen LogP contribution in [-0.4, -0.2) is 28.7 Å². The van der Waals surface area contributed by atoms with Gasteiger partial charge < -0.3 is 9.64 Å². The number of nitrogens with zero attached hydrogens (tertiary/aromatic N) is 3. The topological polar surface area (TPSA) is 67.4 Å². The Morgan fingerprint density at radius 3 is 2.59 bits per heavy atom. The van der Waals surface area contributed by atoms with Crippen LogP contribution in [0.2, 0.25) is 0 Å². The third-order valence-corrected chi connectivity index (χ3v) is 5.84. The quantitative estimate of drug-likeness (QED) is 0.801. The monoisotopic (exact) mass is 398 g/mol. The van der Waals surface area contributed by atoms with Gasteiger partial charge in [0.15, 0.2) is 0 Å². The second-order valence-corrected chi connectivity index (χ2v) is 8.13. The van der Waals surface area contributed by atoms with Gasteiger partial charge in [-0.3, -0.25) is 5.32 Å². The fourth-order valence-electron chi connectivity index (χ4n) is 4.35. The lowest BCUT2D eigenvalue weighted by molar-refractivity contribution is 0.114. The van der Waals surface area contributed by atoms with E-state index in [0.717, 1.165) is 37.8 Å². The molecule has 0 spiro atoms. The lowest BCUT2D eigenvalue weighted by Crippen LogP contribution is -2.34. The average molecular weight is 398 g/mol. The molecule has 1 atom stereocenters. The maximum Gasteiger partial charge on any atom is 0.412 e. The number of aromatic nitrogens is 2. The molecule has 7 heteroatoms. The summed E-state index contributed by atoms with van der Waals surface area (Å²) < 4.78 is 19.2. The minimum atomic E-state index is -0.449. The molecule has 1 fully saturated rings. The molecule has 0 saturated heterocycles. The molecular formula is C22H27FN4O2. The summed E-state index contributed by atoms with van der Waals surface area (Å²) in [4.78, 5) is 23.5. The highest BCUT2D eigenvalue weighted by atomic mass is 19.1. The van der Waals surface area contributed by atoms with Gasteiger partial charge in [-0.25, -0.2) is 19.2 Å². The Labute approximate surface area is 170 Å². The molecule has 4 rings (SSSR count). The summed E-state index contributed by atoms with van der Waals surface area (Å²) >= 11 is 0. The summed E-state index contributed by atoms with van der Waals surface area (Å²) in [5.74, 6) is 0.616. The molecule has 2 heterocycles. The zero-order chi connectivity index (χ0) is 20.5. The van der Waals surface area contributed by atoms with Gasteiger partial charge >= 0.3 is 6.09 Å². The lowest BCUT2D eigenvalue weighted by atomic mass is 9.91. The van der Waals surface area contributed by atoms with E-state index in [1.54, 1.807) is 6.07 Å². The number of halogens is 1. The number of carbonyl (C=O) groups is 1. The third-order valence-electron chi connectivity index (χ3n) is 5.84. The van der Waals surface area contributed by atoms with Gasteiger partial charge in [-0.15, -0.1) is 0 Å². The van der Waals surface area contributed by atoms with E-state index < -0.39 is 6.09 Å². The summed E-state index contributed by atoms with van der Waals surface area (Å²) in [6.45, 7) is 7.15. The maximum absolute atomic E-state index is 13.7. The highest BCUT2D eigenvalue weighted by Gasteiger charge is 2.26. The molecule has 2 aliphatic rings. The van der Waals surface area contributed by atoms with Crippen molar-refractivity contribution < 1.29 is 13.9 Å². The number of anilines is 2. The van der Waals surface area contributed by atoms with Crippen LogP contribution in [0.25, 0.3) is 0 Å². The molecule has 1 aromatic carbocycles. The Morgan fingerprint density at radius 2 is 1.90 bits per heavy atom. The molecule has 1 aromatic heterocycles. The molecule has 6 nitrogen and oxygen atoms in total. The number of aryl methyl sites for hydroxylation is 2. The number of amides is 1. The number of benzene rings is 1. The van der Waals surface area contributed by atoms with Crippen molar-refractivity contribution in [3.8, 4) is 0 Å². The van der Waals surface area contributed by atoms with Crippen molar-refractivity contribution in [3.63, 3.8) is 0 Å². The van der Waals surface area contributed by atoms with Gasteiger partial charge in [0.25, 0.3) is 0 Å². The van der Waals surface area contributed by atoms with Gasteiger partial charge in [0, 0.05) is 13.1 Å². The van der Waals surface area contributed by atoms with Crippen LogP contribution in [0.15, 0.2) is 18.2 Å². The van der Waals surface area contributed by atoms with E-state index in [4.69, 9.17) is 4.74 Å². The molecule has 1 saturated carbocycles. The van der Waals surface area contributed by atoms with E-state index in [-0.39, 0.29) is 17.8 Å². The first kappa shape index (κ1) is 19.6. The van der Waals surface area contributed by atoms with Crippen molar-refractivity contribution in [2.75, 3.05) is 16.8 Å². The Kier molecular flexibility index (Phi) is 5.39. The molecule has 1 aliphatic heterocycles. The van der Waals surface area contributed by atoms with Gasteiger partial charge in [0.1, 0.15) is 11.9 Å². The van der Waals surface area contributed by atoms with Crippen LogP contribution < -0.4 is 10.2 Å². The minimum absolute atomic E-state index is 0.00565. The van der Waals surface area contributed by atoms with Gasteiger partial charge in [0.05, 0.1) is 17.1 Å². The van der Waals surface area contributed by atoms with Crippen LogP contribution in [0.3, 0.4) is 0 Å². The van der Waals surface area contributed by atoms with Gasteiger partial charge in [-0.2, -0.15) is 0 Å². The summed E-state index contributed by atoms with van der Waals surface area (Å²) in [6, 6.07) is 4.97. The molecule has 154 valence electrons. The van der Waals surface area contributed by atoms with Crippen LogP contribution in [0.1, 0.15) is 61.0 Å². The Morgan fingerprint density at radius 1 is 1.21 bits per heavy atom. The van der Waals surface area contributed by atoms with Crippen LogP contribution in [0, 0.1) is 19.7 Å². The average Bonchev–Trinajstić information content (AvgIpc) is 3.17. The number of fused-ring (bicyclic) bond motifs is 1. The van der Waals surface area contributed by atoms with Crippen molar-refractivity contribution in [1.29, 1.82) is 0 Å². The Bertz CT molecular complexity index is 904. The number of ether oxygens (including phenoxy) is 1. The van der Waals surface area contributed by atoms with Gasteiger partial charge in [-0.1, -0.05) is 13.0 Å². The second kappa shape index (κ2) is 7.97. The molecule has 1 aliphatic carbocycles. The zero-order valence-corrected chi connectivity index (χ0v) is 17.2. The number of hydrogen-bond acceptors (Lipinski definition) is 5. The second-order valence-electron chi connectivity index (χ2n) is 8.13. The predicted molar refractivity (Wildman–Crippen MR) is 110 cm³/mol. The largest absolute Gasteiger partial charge is 0.446 e. The van der Waals surface area contributed by atoms with Crippen LogP contribution in [0.5, 0.6) is 0 Å². The van der Waals surface area contributed by atoms with E-state index in [1.807, 2.05) is 19.9 Å². The number of carbonyl (C=O) groups excluding carboxylic acids is 1. The van der Waals surface area contributed by atoms with Crippen LogP contribution >= 0.6 is 0 Å². The van der Waals surface area contributed by atoms with Crippen molar-refractivity contribution in [1.82, 2.24) is 9.97 Å². The third kappa shape index (κ3) is 4.18. The van der Waals surface area contributed by atoms with E-state index in [0.29, 0.717) is 29.6 Å². The SMILES string of the molecule is Cc1nc(N2Cc3cc(F)ccc3C(C)C2)nc(C)c1NC(=O)OC1CCCC1. The van der Waals surface area contributed by atoms with Crippen LogP contribution in [-0.2, 0) is 11.3 Å². The zero-order valence-electron chi connectivity index (χ0n) is 17.2. The van der Waals surface area contributed by atoms with E-state index in [2.05, 4.69) is 27.1 Å². The van der Waals surface area contributed by atoms with E-state index >= 15 is 0 Å². The number of hydrogen-bond donors (Lipinski definition) is 1. The Hall–Kier alpha value is -2.70. The van der Waals surface area contributed by atoms with Crippen molar-refractivity contribution >= 4 is 17.7 Å². The van der Waals surface area contributed by atoms with E-state index in [1.165, 1.54) is 11.6 Å². The first-order chi connectivity index (χ1) is 13.9. The molecule has 1 N–H and O–H groups in total. The lowest BCUT2D eigenvalue weighted by Gasteiger charge is -2.33. The summed E-state index contributed by atoms with van der Waals surface area (Å²) in [6.07, 6.45) is 3.62. The van der Waals surface area contributed by atoms with Crippen LogP contribution in [0.4, 0.5) is 20.8 Å². The summed E-state index contributed by atoms with van der Waals surface area (Å²) in [7, 11) is 0.